The second-order valence-corrected chi connectivity index (χ2v) is 3.49. The summed E-state index contributed by atoms with van der Waals surface area (Å²) in [6.07, 6.45) is 1.83. The first-order chi connectivity index (χ1) is 7.74. The maximum Gasteiger partial charge on any atom is 0.331 e. The Kier molecular flexibility index (Phi) is 2.64. The predicted molar refractivity (Wildman–Crippen MR) is 56.6 cm³/mol. The second kappa shape index (κ2) is 4.11. The summed E-state index contributed by atoms with van der Waals surface area (Å²) < 4.78 is 5.05. The molecule has 0 bridgehead atoms. The molecule has 0 aliphatic carbocycles. The van der Waals surface area contributed by atoms with E-state index in [1.807, 2.05) is 30.5 Å². The largest absolute Gasteiger partial charge is 0.497 e. The first-order valence-electron chi connectivity index (χ1n) is 4.86. The molecule has 1 aromatic rings. The fourth-order valence-corrected chi connectivity index (χ4v) is 1.65. The third-order valence-corrected chi connectivity index (χ3v) is 2.55. The van der Waals surface area contributed by atoms with E-state index in [-0.39, 0.29) is 12.1 Å². The number of carbonyl (C=O) groups excluding carboxylic acids is 1. The van der Waals surface area contributed by atoms with E-state index in [0.29, 0.717) is 6.54 Å². The van der Waals surface area contributed by atoms with Gasteiger partial charge in [-0.1, -0.05) is 12.1 Å². The first kappa shape index (κ1) is 10.3. The van der Waals surface area contributed by atoms with Gasteiger partial charge < -0.3 is 10.1 Å². The summed E-state index contributed by atoms with van der Waals surface area (Å²) in [7, 11) is 1.60. The van der Waals surface area contributed by atoms with Crippen molar-refractivity contribution in [2.75, 3.05) is 13.7 Å². The Morgan fingerprint density at radius 2 is 2.19 bits per heavy atom. The molecule has 2 rings (SSSR count). The van der Waals surface area contributed by atoms with E-state index in [1.165, 1.54) is 0 Å². The number of urea groups is 1. The van der Waals surface area contributed by atoms with Crippen molar-refractivity contribution in [1.29, 1.82) is 5.26 Å². The summed E-state index contributed by atoms with van der Waals surface area (Å²) >= 11 is 0. The van der Waals surface area contributed by atoms with Crippen LogP contribution in [0, 0.1) is 11.5 Å². The molecule has 16 heavy (non-hydrogen) atoms. The molecule has 1 aliphatic rings. The number of nitrogens with zero attached hydrogens (tertiary/aromatic N) is 2. The van der Waals surface area contributed by atoms with Gasteiger partial charge >= 0.3 is 6.03 Å². The minimum atomic E-state index is -0.344. The minimum absolute atomic E-state index is 0.127. The zero-order valence-corrected chi connectivity index (χ0v) is 8.80. The summed E-state index contributed by atoms with van der Waals surface area (Å²) in [4.78, 5) is 12.4. The SMILES string of the molecule is COc1ccc(C2CN(C#N)C(=O)N2)cc1. The molecule has 0 saturated carbocycles. The summed E-state index contributed by atoms with van der Waals surface area (Å²) in [6, 6.07) is 6.95. The van der Waals surface area contributed by atoms with E-state index in [0.717, 1.165) is 16.2 Å². The van der Waals surface area contributed by atoms with Crippen molar-refractivity contribution in [3.05, 3.63) is 29.8 Å². The Labute approximate surface area is 93.2 Å². The quantitative estimate of drug-likeness (QED) is 0.758. The zero-order valence-electron chi connectivity index (χ0n) is 8.80. The van der Waals surface area contributed by atoms with Crippen LogP contribution in [0.5, 0.6) is 5.75 Å². The lowest BCUT2D eigenvalue weighted by molar-refractivity contribution is 0.232. The van der Waals surface area contributed by atoms with Crippen LogP contribution in [0.25, 0.3) is 0 Å². The van der Waals surface area contributed by atoms with Crippen LogP contribution >= 0.6 is 0 Å². The van der Waals surface area contributed by atoms with Gasteiger partial charge in [0.25, 0.3) is 0 Å². The predicted octanol–water partition coefficient (Wildman–Crippen LogP) is 1.24. The van der Waals surface area contributed by atoms with E-state index < -0.39 is 0 Å². The fourth-order valence-electron chi connectivity index (χ4n) is 1.65. The Bertz CT molecular complexity index is 436. The van der Waals surface area contributed by atoms with Gasteiger partial charge in [-0.15, -0.1) is 0 Å². The van der Waals surface area contributed by atoms with Crippen LogP contribution in [-0.4, -0.2) is 24.6 Å². The van der Waals surface area contributed by atoms with Crippen molar-refractivity contribution in [2.24, 2.45) is 0 Å². The molecule has 1 N–H and O–H groups in total. The Morgan fingerprint density at radius 3 is 2.69 bits per heavy atom. The van der Waals surface area contributed by atoms with E-state index in [4.69, 9.17) is 10.00 Å². The molecular formula is C11H11N3O2. The third kappa shape index (κ3) is 1.77. The lowest BCUT2D eigenvalue weighted by Crippen LogP contribution is -2.23. The van der Waals surface area contributed by atoms with Gasteiger partial charge in [-0.05, 0) is 17.7 Å². The highest BCUT2D eigenvalue weighted by Gasteiger charge is 2.29. The van der Waals surface area contributed by atoms with Crippen LogP contribution in [0.1, 0.15) is 11.6 Å². The number of nitrogens with one attached hydrogen (secondary N) is 1. The van der Waals surface area contributed by atoms with Crippen LogP contribution in [0.4, 0.5) is 4.79 Å². The highest BCUT2D eigenvalue weighted by molar-refractivity contribution is 5.78. The van der Waals surface area contributed by atoms with Gasteiger partial charge in [0.2, 0.25) is 0 Å². The molecule has 0 aromatic heterocycles. The maximum absolute atomic E-state index is 11.3. The molecule has 1 unspecified atom stereocenters. The smallest absolute Gasteiger partial charge is 0.331 e. The summed E-state index contributed by atoms with van der Waals surface area (Å²) in [5.41, 5.74) is 0.965. The Balaban J connectivity index is 2.14. The first-order valence-corrected chi connectivity index (χ1v) is 4.86. The molecule has 82 valence electrons. The zero-order chi connectivity index (χ0) is 11.5. The third-order valence-electron chi connectivity index (χ3n) is 2.55. The van der Waals surface area contributed by atoms with Gasteiger partial charge in [0.05, 0.1) is 19.7 Å². The molecule has 1 saturated heterocycles. The van der Waals surface area contributed by atoms with Crippen molar-refractivity contribution in [3.8, 4) is 11.9 Å². The van der Waals surface area contributed by atoms with E-state index in [9.17, 15) is 4.79 Å². The topological polar surface area (TPSA) is 65.4 Å². The minimum Gasteiger partial charge on any atom is -0.497 e. The molecule has 1 fully saturated rings. The molecule has 0 radical (unpaired) electrons. The van der Waals surface area contributed by atoms with Crippen LogP contribution in [0.3, 0.4) is 0 Å². The van der Waals surface area contributed by atoms with Gasteiger partial charge in [-0.25, -0.2) is 9.69 Å². The Hall–Kier alpha value is -2.22. The number of carbonyl (C=O) groups is 1. The van der Waals surface area contributed by atoms with Crippen molar-refractivity contribution in [3.63, 3.8) is 0 Å². The number of nitriles is 1. The normalized spacial score (nSPS) is 19.1. The molecule has 1 aliphatic heterocycles. The highest BCUT2D eigenvalue weighted by atomic mass is 16.5. The number of hydrogen-bond donors (Lipinski definition) is 1. The van der Waals surface area contributed by atoms with E-state index >= 15 is 0 Å². The Morgan fingerprint density at radius 1 is 1.50 bits per heavy atom. The monoisotopic (exact) mass is 217 g/mol. The molecule has 1 atom stereocenters. The van der Waals surface area contributed by atoms with Gasteiger partial charge in [-0.2, -0.15) is 5.26 Å². The lowest BCUT2D eigenvalue weighted by atomic mass is 10.1. The molecule has 1 heterocycles. The number of hydrogen-bond acceptors (Lipinski definition) is 3. The summed E-state index contributed by atoms with van der Waals surface area (Å²) in [5.74, 6) is 0.769. The maximum atomic E-state index is 11.3. The van der Waals surface area contributed by atoms with Crippen molar-refractivity contribution in [1.82, 2.24) is 10.2 Å². The van der Waals surface area contributed by atoms with Crippen molar-refractivity contribution < 1.29 is 9.53 Å². The van der Waals surface area contributed by atoms with Gasteiger partial charge in [-0.3, -0.25) is 0 Å². The van der Waals surface area contributed by atoms with Crippen molar-refractivity contribution >= 4 is 6.03 Å². The molecule has 5 heteroatoms. The second-order valence-electron chi connectivity index (χ2n) is 3.49. The van der Waals surface area contributed by atoms with Crippen LogP contribution in [-0.2, 0) is 0 Å². The van der Waals surface area contributed by atoms with E-state index in [1.54, 1.807) is 7.11 Å². The highest BCUT2D eigenvalue weighted by Crippen LogP contribution is 2.21. The number of benzene rings is 1. The number of amides is 2. The van der Waals surface area contributed by atoms with Gasteiger partial charge in [0.1, 0.15) is 5.75 Å². The fraction of sp³-hybridized carbons (Fsp3) is 0.273. The number of methoxy groups -OCH3 is 1. The van der Waals surface area contributed by atoms with E-state index in [2.05, 4.69) is 5.32 Å². The van der Waals surface area contributed by atoms with Crippen LogP contribution in [0.15, 0.2) is 24.3 Å². The average Bonchev–Trinajstić information content (AvgIpc) is 2.71. The molecule has 5 nitrogen and oxygen atoms in total. The molecular weight excluding hydrogens is 206 g/mol. The standard InChI is InChI=1S/C11H11N3O2/c1-16-9-4-2-8(3-5-9)10-6-14(7-12)11(15)13-10/h2-5,10H,6H2,1H3,(H,13,15). The van der Waals surface area contributed by atoms with Gasteiger partial charge in [0, 0.05) is 0 Å². The summed E-state index contributed by atoms with van der Waals surface area (Å²) in [6.45, 7) is 0.377. The molecule has 1 aromatic carbocycles. The number of ether oxygens (including phenoxy) is 1. The molecule has 2 amide bonds. The van der Waals surface area contributed by atoms with Crippen LogP contribution in [0.2, 0.25) is 0 Å². The van der Waals surface area contributed by atoms with Crippen LogP contribution < -0.4 is 10.1 Å². The average molecular weight is 217 g/mol. The van der Waals surface area contributed by atoms with Crippen molar-refractivity contribution in [2.45, 2.75) is 6.04 Å². The summed E-state index contributed by atoms with van der Waals surface area (Å²) in [5, 5.41) is 11.4. The lowest BCUT2D eigenvalue weighted by Gasteiger charge is -2.09. The van der Waals surface area contributed by atoms with Gasteiger partial charge in [0.15, 0.2) is 6.19 Å². The molecule has 0 spiro atoms. The number of rotatable bonds is 2.